The second-order valence-corrected chi connectivity index (χ2v) is 3.30. The fourth-order valence-corrected chi connectivity index (χ4v) is 1.64. The monoisotopic (exact) mass is 139 g/mol. The summed E-state index contributed by atoms with van der Waals surface area (Å²) < 4.78 is 0. The van der Waals surface area contributed by atoms with Crippen molar-refractivity contribution >= 4 is 0 Å². The van der Waals surface area contributed by atoms with E-state index in [-0.39, 0.29) is 0 Å². The zero-order chi connectivity index (χ0) is 7.40. The Morgan fingerprint density at radius 1 is 1.70 bits per heavy atom. The van der Waals surface area contributed by atoms with Crippen LogP contribution < -0.4 is 0 Å². The van der Waals surface area contributed by atoms with Crippen LogP contribution in [0.3, 0.4) is 0 Å². The normalized spacial score (nSPS) is 28.3. The second kappa shape index (κ2) is 3.77. The number of likely N-dealkylation sites (tertiary alicyclic amines) is 1. The number of hydrogen-bond acceptors (Lipinski definition) is 1. The zero-order valence-corrected chi connectivity index (χ0v) is 6.84. The molecule has 0 aliphatic carbocycles. The van der Waals surface area contributed by atoms with Gasteiger partial charge in [-0.3, -0.25) is 4.90 Å². The SMILES string of the molecule is C=CCN1CCCC(C)C1. The summed E-state index contributed by atoms with van der Waals surface area (Å²) in [5.41, 5.74) is 0. The molecular formula is C9H17N. The van der Waals surface area contributed by atoms with Crippen LogP contribution in [0.5, 0.6) is 0 Å². The molecule has 0 saturated carbocycles. The van der Waals surface area contributed by atoms with E-state index in [4.69, 9.17) is 0 Å². The van der Waals surface area contributed by atoms with Crippen molar-refractivity contribution in [2.75, 3.05) is 19.6 Å². The smallest absolute Gasteiger partial charge is 0.0160 e. The molecule has 0 aromatic carbocycles. The summed E-state index contributed by atoms with van der Waals surface area (Å²) in [6.07, 6.45) is 4.78. The first-order valence-corrected chi connectivity index (χ1v) is 4.16. The first kappa shape index (κ1) is 7.80. The molecule has 58 valence electrons. The number of hydrogen-bond donors (Lipinski definition) is 0. The first-order valence-electron chi connectivity index (χ1n) is 4.16. The van der Waals surface area contributed by atoms with Crippen LogP contribution in [0.2, 0.25) is 0 Å². The lowest BCUT2D eigenvalue weighted by Gasteiger charge is -2.29. The summed E-state index contributed by atoms with van der Waals surface area (Å²) in [6.45, 7) is 9.68. The molecule has 10 heavy (non-hydrogen) atoms. The van der Waals surface area contributed by atoms with Gasteiger partial charge in [-0.15, -0.1) is 6.58 Å². The molecule has 1 heterocycles. The van der Waals surface area contributed by atoms with Crippen LogP contribution in [0.4, 0.5) is 0 Å². The fraction of sp³-hybridized carbons (Fsp3) is 0.778. The molecule has 1 heteroatoms. The van der Waals surface area contributed by atoms with E-state index in [0.717, 1.165) is 12.5 Å². The molecule has 1 aliphatic rings. The average Bonchev–Trinajstić information content (AvgIpc) is 1.88. The molecule has 0 aromatic rings. The summed E-state index contributed by atoms with van der Waals surface area (Å²) in [5, 5.41) is 0. The number of rotatable bonds is 2. The van der Waals surface area contributed by atoms with Gasteiger partial charge in [0.25, 0.3) is 0 Å². The van der Waals surface area contributed by atoms with E-state index < -0.39 is 0 Å². The minimum absolute atomic E-state index is 0.897. The van der Waals surface area contributed by atoms with Gasteiger partial charge in [0.05, 0.1) is 0 Å². The summed E-state index contributed by atoms with van der Waals surface area (Å²) in [5.74, 6) is 0.897. The van der Waals surface area contributed by atoms with Gasteiger partial charge >= 0.3 is 0 Å². The lowest BCUT2D eigenvalue weighted by atomic mass is 10.0. The van der Waals surface area contributed by atoms with E-state index in [1.54, 1.807) is 0 Å². The van der Waals surface area contributed by atoms with Crippen molar-refractivity contribution in [2.24, 2.45) is 5.92 Å². The molecule has 1 nitrogen and oxygen atoms in total. The fourth-order valence-electron chi connectivity index (χ4n) is 1.64. The Bertz CT molecular complexity index is 109. The van der Waals surface area contributed by atoms with Crippen molar-refractivity contribution in [3.63, 3.8) is 0 Å². The molecule has 1 fully saturated rings. The highest BCUT2D eigenvalue weighted by molar-refractivity contribution is 4.77. The van der Waals surface area contributed by atoms with Gasteiger partial charge in [0, 0.05) is 13.1 Å². The second-order valence-electron chi connectivity index (χ2n) is 3.30. The van der Waals surface area contributed by atoms with E-state index >= 15 is 0 Å². The van der Waals surface area contributed by atoms with Gasteiger partial charge in [-0.2, -0.15) is 0 Å². The molecule has 0 spiro atoms. The lowest BCUT2D eigenvalue weighted by molar-refractivity contribution is 0.201. The van der Waals surface area contributed by atoms with Crippen LogP contribution >= 0.6 is 0 Å². The van der Waals surface area contributed by atoms with Crippen LogP contribution in [0.1, 0.15) is 19.8 Å². The molecule has 1 rings (SSSR count). The van der Waals surface area contributed by atoms with Gasteiger partial charge in [0.2, 0.25) is 0 Å². The highest BCUT2D eigenvalue weighted by Crippen LogP contribution is 2.14. The van der Waals surface area contributed by atoms with Crippen molar-refractivity contribution in [2.45, 2.75) is 19.8 Å². The third kappa shape index (κ3) is 2.14. The van der Waals surface area contributed by atoms with E-state index in [0.29, 0.717) is 0 Å². The molecular weight excluding hydrogens is 122 g/mol. The van der Waals surface area contributed by atoms with Crippen LogP contribution in [-0.2, 0) is 0 Å². The van der Waals surface area contributed by atoms with Crippen molar-refractivity contribution in [3.8, 4) is 0 Å². The maximum atomic E-state index is 3.74. The molecule has 0 N–H and O–H groups in total. The van der Waals surface area contributed by atoms with Crippen LogP contribution in [0.15, 0.2) is 12.7 Å². The Kier molecular flexibility index (Phi) is 2.94. The van der Waals surface area contributed by atoms with Crippen molar-refractivity contribution < 1.29 is 0 Å². The van der Waals surface area contributed by atoms with Crippen LogP contribution in [-0.4, -0.2) is 24.5 Å². The van der Waals surface area contributed by atoms with E-state index in [1.807, 2.05) is 6.08 Å². The zero-order valence-electron chi connectivity index (χ0n) is 6.84. The predicted octanol–water partition coefficient (Wildman–Crippen LogP) is 1.90. The van der Waals surface area contributed by atoms with E-state index in [9.17, 15) is 0 Å². The number of piperidine rings is 1. The molecule has 1 atom stereocenters. The average molecular weight is 139 g/mol. The van der Waals surface area contributed by atoms with E-state index in [2.05, 4.69) is 18.4 Å². The largest absolute Gasteiger partial charge is 0.299 e. The highest BCUT2D eigenvalue weighted by atomic mass is 15.1. The summed E-state index contributed by atoms with van der Waals surface area (Å²) in [4.78, 5) is 2.47. The van der Waals surface area contributed by atoms with Crippen molar-refractivity contribution in [3.05, 3.63) is 12.7 Å². The minimum Gasteiger partial charge on any atom is -0.299 e. The molecule has 1 saturated heterocycles. The van der Waals surface area contributed by atoms with Crippen molar-refractivity contribution in [1.82, 2.24) is 4.90 Å². The minimum atomic E-state index is 0.897. The van der Waals surface area contributed by atoms with Gasteiger partial charge in [-0.25, -0.2) is 0 Å². The summed E-state index contributed by atoms with van der Waals surface area (Å²) >= 11 is 0. The van der Waals surface area contributed by atoms with Crippen LogP contribution in [0.25, 0.3) is 0 Å². The van der Waals surface area contributed by atoms with Gasteiger partial charge in [-0.1, -0.05) is 13.0 Å². The molecule has 1 unspecified atom stereocenters. The van der Waals surface area contributed by atoms with Gasteiger partial charge in [0.1, 0.15) is 0 Å². The third-order valence-electron chi connectivity index (χ3n) is 2.13. The summed E-state index contributed by atoms with van der Waals surface area (Å²) in [6, 6.07) is 0. The van der Waals surface area contributed by atoms with E-state index in [1.165, 1.54) is 25.9 Å². The van der Waals surface area contributed by atoms with Gasteiger partial charge in [-0.05, 0) is 25.3 Å². The van der Waals surface area contributed by atoms with Gasteiger partial charge < -0.3 is 0 Å². The first-order chi connectivity index (χ1) is 4.83. The Morgan fingerprint density at radius 2 is 2.50 bits per heavy atom. The quantitative estimate of drug-likeness (QED) is 0.528. The Labute approximate surface area is 63.7 Å². The third-order valence-corrected chi connectivity index (χ3v) is 2.13. The molecule has 0 radical (unpaired) electrons. The Morgan fingerprint density at radius 3 is 3.10 bits per heavy atom. The summed E-state index contributed by atoms with van der Waals surface area (Å²) in [7, 11) is 0. The lowest BCUT2D eigenvalue weighted by Crippen LogP contribution is -2.34. The molecule has 1 aliphatic heterocycles. The maximum Gasteiger partial charge on any atom is 0.0160 e. The Hall–Kier alpha value is -0.300. The Balaban J connectivity index is 2.24. The molecule has 0 bridgehead atoms. The topological polar surface area (TPSA) is 3.24 Å². The number of nitrogens with zero attached hydrogens (tertiary/aromatic N) is 1. The molecule has 0 aromatic heterocycles. The molecule has 0 amide bonds. The van der Waals surface area contributed by atoms with Crippen molar-refractivity contribution in [1.29, 1.82) is 0 Å². The standard InChI is InChI=1S/C9H17N/c1-3-6-10-7-4-5-9(2)8-10/h3,9H,1,4-8H2,2H3. The highest BCUT2D eigenvalue weighted by Gasteiger charge is 2.13. The van der Waals surface area contributed by atoms with Gasteiger partial charge in [0.15, 0.2) is 0 Å². The predicted molar refractivity (Wildman–Crippen MR) is 45.0 cm³/mol. The maximum absolute atomic E-state index is 3.74. The van der Waals surface area contributed by atoms with Crippen LogP contribution in [0, 0.1) is 5.92 Å².